The van der Waals surface area contributed by atoms with Gasteiger partial charge in [-0.2, -0.15) is 4.98 Å². The van der Waals surface area contributed by atoms with Gasteiger partial charge in [0.15, 0.2) is 0 Å². The number of anilines is 1. The Balaban J connectivity index is 1.31. The van der Waals surface area contributed by atoms with Gasteiger partial charge in [-0.15, -0.1) is 0 Å². The van der Waals surface area contributed by atoms with Crippen LogP contribution in [-0.2, 0) is 4.79 Å². The van der Waals surface area contributed by atoms with Crippen LogP contribution in [0.2, 0.25) is 0 Å². The van der Waals surface area contributed by atoms with Gasteiger partial charge in [0.25, 0.3) is 0 Å². The first-order valence-electron chi connectivity index (χ1n) is 10.4. The Labute approximate surface area is 161 Å². The van der Waals surface area contributed by atoms with E-state index >= 15 is 0 Å². The van der Waals surface area contributed by atoms with Crippen molar-refractivity contribution < 1.29 is 9.53 Å². The third-order valence-corrected chi connectivity index (χ3v) is 6.31. The van der Waals surface area contributed by atoms with Gasteiger partial charge in [-0.1, -0.05) is 0 Å². The molecule has 7 heteroatoms. The van der Waals surface area contributed by atoms with Crippen LogP contribution in [0.1, 0.15) is 38.5 Å². The number of amides is 1. The molecule has 0 radical (unpaired) electrons. The lowest BCUT2D eigenvalue weighted by Crippen LogP contribution is -2.51. The summed E-state index contributed by atoms with van der Waals surface area (Å²) in [5, 5.41) is 0. The van der Waals surface area contributed by atoms with Gasteiger partial charge in [0.05, 0.1) is 13.0 Å². The Morgan fingerprint density at radius 2 is 1.85 bits per heavy atom. The van der Waals surface area contributed by atoms with Gasteiger partial charge >= 0.3 is 0 Å². The van der Waals surface area contributed by atoms with Gasteiger partial charge in [-0.05, 0) is 45.1 Å². The molecule has 1 amide bonds. The normalized spacial score (nSPS) is 25.0. The highest BCUT2D eigenvalue weighted by Gasteiger charge is 2.34. The second kappa shape index (κ2) is 8.42. The smallest absolute Gasteiger partial charge is 0.228 e. The number of hydrogen-bond donors (Lipinski definition) is 0. The number of carbonyl (C=O) groups excluding carboxylic acids is 1. The maximum atomic E-state index is 12.8. The lowest BCUT2D eigenvalue weighted by atomic mass is 9.93. The minimum atomic E-state index is 0.205. The molecule has 0 saturated carbocycles. The molecule has 0 aromatic carbocycles. The maximum Gasteiger partial charge on any atom is 0.228 e. The number of likely N-dealkylation sites (tertiary alicyclic amines) is 2. The number of ether oxygens (including phenoxy) is 1. The minimum Gasteiger partial charge on any atom is -0.481 e. The summed E-state index contributed by atoms with van der Waals surface area (Å²) in [6, 6.07) is 2.35. The fourth-order valence-electron chi connectivity index (χ4n) is 4.76. The number of piperidine rings is 2. The van der Waals surface area contributed by atoms with Crippen LogP contribution >= 0.6 is 0 Å². The highest BCUT2D eigenvalue weighted by molar-refractivity contribution is 5.79. The summed E-state index contributed by atoms with van der Waals surface area (Å²) in [5.41, 5.74) is 0. The van der Waals surface area contributed by atoms with Crippen LogP contribution in [0.3, 0.4) is 0 Å². The number of methoxy groups -OCH3 is 1. The summed E-state index contributed by atoms with van der Waals surface area (Å²) >= 11 is 0. The van der Waals surface area contributed by atoms with Crippen LogP contribution in [0, 0.1) is 5.92 Å². The van der Waals surface area contributed by atoms with Gasteiger partial charge in [0, 0.05) is 51.0 Å². The number of nitrogens with zero attached hydrogens (tertiary/aromatic N) is 5. The van der Waals surface area contributed by atoms with Crippen LogP contribution in [0.4, 0.5) is 5.95 Å². The van der Waals surface area contributed by atoms with Gasteiger partial charge in [-0.25, -0.2) is 4.98 Å². The summed E-state index contributed by atoms with van der Waals surface area (Å²) in [4.78, 5) is 28.6. The van der Waals surface area contributed by atoms with Crippen molar-refractivity contribution in [1.29, 1.82) is 0 Å². The van der Waals surface area contributed by atoms with Crippen molar-refractivity contribution in [2.45, 2.75) is 44.6 Å². The lowest BCUT2D eigenvalue weighted by Gasteiger charge is -2.42. The molecule has 4 heterocycles. The molecule has 27 heavy (non-hydrogen) atoms. The molecule has 0 aliphatic carbocycles. The topological polar surface area (TPSA) is 61.8 Å². The van der Waals surface area contributed by atoms with Crippen molar-refractivity contribution in [2.24, 2.45) is 5.92 Å². The van der Waals surface area contributed by atoms with Crippen molar-refractivity contribution in [2.75, 3.05) is 51.3 Å². The Bertz CT molecular complexity index is 641. The van der Waals surface area contributed by atoms with Crippen LogP contribution in [0.25, 0.3) is 0 Å². The van der Waals surface area contributed by atoms with Crippen LogP contribution in [0.15, 0.2) is 12.3 Å². The number of carbonyl (C=O) groups is 1. The van der Waals surface area contributed by atoms with E-state index in [-0.39, 0.29) is 5.92 Å². The summed E-state index contributed by atoms with van der Waals surface area (Å²) in [6.45, 7) is 5.92. The minimum absolute atomic E-state index is 0.205. The first-order chi connectivity index (χ1) is 13.2. The zero-order chi connectivity index (χ0) is 18.6. The van der Waals surface area contributed by atoms with Crippen LogP contribution < -0.4 is 9.64 Å². The molecule has 0 spiro atoms. The molecule has 3 aliphatic rings. The van der Waals surface area contributed by atoms with Gasteiger partial charge in [-0.3, -0.25) is 9.69 Å². The molecule has 0 bridgehead atoms. The number of rotatable bonds is 4. The molecular weight excluding hydrogens is 342 g/mol. The Morgan fingerprint density at radius 1 is 1.07 bits per heavy atom. The molecule has 7 nitrogen and oxygen atoms in total. The molecule has 3 saturated heterocycles. The standard InChI is InChI=1S/C20H31N5O2/c1-27-18-6-9-21-20(22-18)24-13-7-17(8-14-24)25-12-4-5-16(15-25)19(26)23-10-2-3-11-23/h6,9,16-17H,2-5,7-8,10-15H2,1H3/t16-/m1/s1. The average molecular weight is 374 g/mol. The molecule has 148 valence electrons. The predicted octanol–water partition coefficient (Wildman–Crippen LogP) is 1.79. The second-order valence-electron chi connectivity index (χ2n) is 7.98. The van der Waals surface area contributed by atoms with E-state index in [1.165, 1.54) is 12.8 Å². The fraction of sp³-hybridized carbons (Fsp3) is 0.750. The lowest BCUT2D eigenvalue weighted by molar-refractivity contribution is -0.136. The molecule has 0 N–H and O–H groups in total. The van der Waals surface area contributed by atoms with E-state index in [0.717, 1.165) is 70.9 Å². The van der Waals surface area contributed by atoms with E-state index in [0.29, 0.717) is 17.8 Å². The summed E-state index contributed by atoms with van der Waals surface area (Å²) in [5.74, 6) is 1.98. The van der Waals surface area contributed by atoms with E-state index in [9.17, 15) is 4.79 Å². The third kappa shape index (κ3) is 4.18. The molecule has 1 atom stereocenters. The van der Waals surface area contributed by atoms with E-state index in [2.05, 4.69) is 24.7 Å². The van der Waals surface area contributed by atoms with Crippen molar-refractivity contribution in [3.05, 3.63) is 12.3 Å². The van der Waals surface area contributed by atoms with Crippen LogP contribution in [0.5, 0.6) is 5.88 Å². The van der Waals surface area contributed by atoms with E-state index < -0.39 is 0 Å². The zero-order valence-electron chi connectivity index (χ0n) is 16.3. The molecule has 1 aromatic heterocycles. The van der Waals surface area contributed by atoms with Crippen molar-refractivity contribution in [1.82, 2.24) is 19.8 Å². The largest absolute Gasteiger partial charge is 0.481 e. The SMILES string of the molecule is COc1ccnc(N2CCC(N3CCC[C@@H](C(=O)N4CCCC4)C3)CC2)n1. The van der Waals surface area contributed by atoms with E-state index in [1.54, 1.807) is 19.4 Å². The first-order valence-corrected chi connectivity index (χ1v) is 10.4. The van der Waals surface area contributed by atoms with Crippen molar-refractivity contribution in [3.63, 3.8) is 0 Å². The summed E-state index contributed by atoms with van der Waals surface area (Å²) in [6.07, 6.45) is 8.51. The van der Waals surface area contributed by atoms with E-state index in [1.807, 2.05) is 0 Å². The number of hydrogen-bond acceptors (Lipinski definition) is 6. The third-order valence-electron chi connectivity index (χ3n) is 6.31. The van der Waals surface area contributed by atoms with Crippen molar-refractivity contribution >= 4 is 11.9 Å². The molecule has 4 rings (SSSR count). The molecule has 0 unspecified atom stereocenters. The summed E-state index contributed by atoms with van der Waals surface area (Å²) in [7, 11) is 1.63. The van der Waals surface area contributed by atoms with Crippen molar-refractivity contribution in [3.8, 4) is 5.88 Å². The Morgan fingerprint density at radius 3 is 2.59 bits per heavy atom. The number of aromatic nitrogens is 2. The summed E-state index contributed by atoms with van der Waals surface area (Å²) < 4.78 is 5.22. The monoisotopic (exact) mass is 373 g/mol. The Hall–Kier alpha value is -1.89. The molecule has 3 aliphatic heterocycles. The first kappa shape index (κ1) is 18.5. The molecule has 3 fully saturated rings. The molecule has 1 aromatic rings. The average Bonchev–Trinajstić information content (AvgIpc) is 3.28. The van der Waals surface area contributed by atoms with Gasteiger partial charge in [0.2, 0.25) is 17.7 Å². The van der Waals surface area contributed by atoms with Gasteiger partial charge in [0.1, 0.15) is 0 Å². The predicted molar refractivity (Wildman–Crippen MR) is 104 cm³/mol. The fourth-order valence-corrected chi connectivity index (χ4v) is 4.76. The second-order valence-corrected chi connectivity index (χ2v) is 7.98. The Kier molecular flexibility index (Phi) is 5.76. The maximum absolute atomic E-state index is 12.8. The quantitative estimate of drug-likeness (QED) is 0.802. The van der Waals surface area contributed by atoms with Gasteiger partial charge < -0.3 is 14.5 Å². The van der Waals surface area contributed by atoms with Crippen LogP contribution in [-0.4, -0.2) is 78.1 Å². The molecular formula is C20H31N5O2. The zero-order valence-corrected chi connectivity index (χ0v) is 16.3. The highest BCUT2D eigenvalue weighted by atomic mass is 16.5. The highest BCUT2D eigenvalue weighted by Crippen LogP contribution is 2.27. The van der Waals surface area contributed by atoms with E-state index in [4.69, 9.17) is 4.74 Å².